The normalized spacial score (nSPS) is 13.9. The fraction of sp³-hybridized carbons (Fsp3) is 0.143. The third-order valence-corrected chi connectivity index (χ3v) is 4.23. The molecule has 4 nitrogen and oxygen atoms in total. The van der Waals surface area contributed by atoms with Crippen LogP contribution in [0.1, 0.15) is 16.1 Å². The van der Waals surface area contributed by atoms with E-state index in [2.05, 4.69) is 4.98 Å². The fourth-order valence-corrected chi connectivity index (χ4v) is 3.05. The minimum absolute atomic E-state index is 0.0243. The van der Waals surface area contributed by atoms with Crippen LogP contribution in [0.5, 0.6) is 0 Å². The molecule has 0 aliphatic carbocycles. The highest BCUT2D eigenvalue weighted by Gasteiger charge is 2.25. The predicted octanol–water partition coefficient (Wildman–Crippen LogP) is 2.93. The Kier molecular flexibility index (Phi) is 3.46. The Labute approximate surface area is 125 Å². The van der Waals surface area contributed by atoms with Gasteiger partial charge in [0.25, 0.3) is 0 Å². The van der Waals surface area contributed by atoms with E-state index in [0.717, 1.165) is 16.1 Å². The monoisotopic (exact) mass is 305 g/mol. The lowest BCUT2D eigenvalue weighted by molar-refractivity contribution is -0.126. The standard InChI is InChI=1S/C14H12ClN3OS/c15-10-4-1-9(2-5-10)3-6-13(19)18-7-11-12(8-18)20-14(16)17-11/h1-6H,7-8H2,(H2,16,17)/b6-3+. The van der Waals surface area contributed by atoms with E-state index in [9.17, 15) is 4.79 Å². The zero-order chi connectivity index (χ0) is 14.1. The van der Waals surface area contributed by atoms with E-state index in [1.807, 2.05) is 12.1 Å². The molecule has 1 amide bonds. The molecule has 0 spiro atoms. The number of nitrogens with zero attached hydrogens (tertiary/aromatic N) is 2. The van der Waals surface area contributed by atoms with Gasteiger partial charge in [-0.25, -0.2) is 4.98 Å². The van der Waals surface area contributed by atoms with E-state index < -0.39 is 0 Å². The van der Waals surface area contributed by atoms with Gasteiger partial charge in [-0.1, -0.05) is 23.7 Å². The number of thiazole rings is 1. The van der Waals surface area contributed by atoms with Crippen molar-refractivity contribution in [1.82, 2.24) is 9.88 Å². The fourth-order valence-electron chi connectivity index (χ4n) is 2.06. The molecule has 2 N–H and O–H groups in total. The molecule has 0 radical (unpaired) electrons. The maximum absolute atomic E-state index is 12.1. The smallest absolute Gasteiger partial charge is 0.247 e. The summed E-state index contributed by atoms with van der Waals surface area (Å²) in [5, 5.41) is 1.25. The van der Waals surface area contributed by atoms with E-state index in [0.29, 0.717) is 23.2 Å². The first kappa shape index (κ1) is 13.1. The Morgan fingerprint density at radius 3 is 2.80 bits per heavy atom. The summed E-state index contributed by atoms with van der Waals surface area (Å²) < 4.78 is 0. The van der Waals surface area contributed by atoms with Gasteiger partial charge < -0.3 is 10.6 Å². The van der Waals surface area contributed by atoms with Crippen molar-refractivity contribution < 1.29 is 4.79 Å². The van der Waals surface area contributed by atoms with Crippen molar-refractivity contribution in [1.29, 1.82) is 0 Å². The van der Waals surface area contributed by atoms with Crippen molar-refractivity contribution in [2.24, 2.45) is 0 Å². The molecule has 2 heterocycles. The van der Waals surface area contributed by atoms with Crippen LogP contribution < -0.4 is 5.73 Å². The van der Waals surface area contributed by atoms with E-state index in [4.69, 9.17) is 17.3 Å². The first-order valence-electron chi connectivity index (χ1n) is 6.08. The maximum Gasteiger partial charge on any atom is 0.247 e. The summed E-state index contributed by atoms with van der Waals surface area (Å²) in [6.45, 7) is 1.13. The SMILES string of the molecule is Nc1nc2c(s1)CN(C(=O)/C=C/c1ccc(Cl)cc1)C2. The van der Waals surface area contributed by atoms with Gasteiger partial charge in [-0.2, -0.15) is 0 Å². The van der Waals surface area contributed by atoms with Gasteiger partial charge in [0.2, 0.25) is 5.91 Å². The summed E-state index contributed by atoms with van der Waals surface area (Å²) in [5.41, 5.74) is 7.50. The number of carbonyl (C=O) groups is 1. The van der Waals surface area contributed by atoms with Crippen molar-refractivity contribution in [3.8, 4) is 0 Å². The second-order valence-corrected chi connectivity index (χ2v) is 6.05. The highest BCUT2D eigenvalue weighted by Crippen LogP contribution is 2.29. The topological polar surface area (TPSA) is 59.2 Å². The van der Waals surface area contributed by atoms with Crippen molar-refractivity contribution in [2.45, 2.75) is 13.1 Å². The molecule has 1 aromatic carbocycles. The molecule has 0 bridgehead atoms. The van der Waals surface area contributed by atoms with Gasteiger partial charge in [-0.15, -0.1) is 11.3 Å². The van der Waals surface area contributed by atoms with Gasteiger partial charge in [0.05, 0.1) is 23.7 Å². The summed E-state index contributed by atoms with van der Waals surface area (Å²) in [6.07, 6.45) is 3.36. The first-order chi connectivity index (χ1) is 9.61. The van der Waals surface area contributed by atoms with Gasteiger partial charge >= 0.3 is 0 Å². The van der Waals surface area contributed by atoms with Gasteiger partial charge in [0.15, 0.2) is 5.13 Å². The molecule has 0 fully saturated rings. The summed E-state index contributed by atoms with van der Waals surface area (Å²) in [4.78, 5) is 19.1. The average Bonchev–Trinajstić information content (AvgIpc) is 2.95. The molecule has 6 heteroatoms. The Hall–Kier alpha value is -1.85. The van der Waals surface area contributed by atoms with Crippen LogP contribution in [0.2, 0.25) is 5.02 Å². The van der Waals surface area contributed by atoms with E-state index in [1.54, 1.807) is 29.2 Å². The molecule has 0 saturated heterocycles. The number of amides is 1. The summed E-state index contributed by atoms with van der Waals surface area (Å²) in [6, 6.07) is 7.34. The maximum atomic E-state index is 12.1. The van der Waals surface area contributed by atoms with Crippen LogP contribution in [0, 0.1) is 0 Å². The van der Waals surface area contributed by atoms with Crippen molar-refractivity contribution >= 4 is 40.1 Å². The molecule has 1 aliphatic heterocycles. The van der Waals surface area contributed by atoms with Crippen LogP contribution in [-0.2, 0) is 17.9 Å². The zero-order valence-electron chi connectivity index (χ0n) is 10.5. The molecule has 20 heavy (non-hydrogen) atoms. The van der Waals surface area contributed by atoms with E-state index >= 15 is 0 Å². The van der Waals surface area contributed by atoms with Gasteiger partial charge in [-0.05, 0) is 23.8 Å². The molecule has 2 aromatic rings. The summed E-state index contributed by atoms with van der Waals surface area (Å²) in [5.74, 6) is -0.0243. The largest absolute Gasteiger partial charge is 0.375 e. The number of carbonyl (C=O) groups excluding carboxylic acids is 1. The third kappa shape index (κ3) is 2.69. The van der Waals surface area contributed by atoms with Crippen LogP contribution in [0.3, 0.4) is 0 Å². The van der Waals surface area contributed by atoms with Crippen LogP contribution >= 0.6 is 22.9 Å². The van der Waals surface area contributed by atoms with Gasteiger partial charge in [0.1, 0.15) is 0 Å². The van der Waals surface area contributed by atoms with Crippen molar-refractivity contribution in [2.75, 3.05) is 5.73 Å². The quantitative estimate of drug-likeness (QED) is 0.868. The molecule has 1 aliphatic rings. The highest BCUT2D eigenvalue weighted by molar-refractivity contribution is 7.15. The minimum Gasteiger partial charge on any atom is -0.375 e. The third-order valence-electron chi connectivity index (χ3n) is 3.07. The first-order valence-corrected chi connectivity index (χ1v) is 7.28. The molecular formula is C14H12ClN3OS. The Balaban J connectivity index is 1.66. The lowest BCUT2D eigenvalue weighted by Gasteiger charge is -2.12. The summed E-state index contributed by atoms with van der Waals surface area (Å²) in [7, 11) is 0. The average molecular weight is 306 g/mol. The van der Waals surface area contributed by atoms with Crippen molar-refractivity contribution in [3.63, 3.8) is 0 Å². The molecule has 0 unspecified atom stereocenters. The van der Waals surface area contributed by atoms with Crippen LogP contribution in [0.4, 0.5) is 5.13 Å². The lowest BCUT2D eigenvalue weighted by atomic mass is 10.2. The number of hydrogen-bond acceptors (Lipinski definition) is 4. The van der Waals surface area contributed by atoms with E-state index in [-0.39, 0.29) is 5.91 Å². The van der Waals surface area contributed by atoms with E-state index in [1.165, 1.54) is 11.3 Å². The molecule has 3 rings (SSSR count). The number of fused-ring (bicyclic) bond motifs is 1. The predicted molar refractivity (Wildman–Crippen MR) is 81.3 cm³/mol. The molecule has 0 saturated carbocycles. The molecule has 0 atom stereocenters. The molecule has 1 aromatic heterocycles. The number of halogens is 1. The second-order valence-electron chi connectivity index (χ2n) is 4.50. The number of aromatic nitrogens is 1. The summed E-state index contributed by atoms with van der Waals surface area (Å²) >= 11 is 7.26. The Bertz CT molecular complexity index is 655. The number of nitrogens with two attached hydrogens (primary N) is 1. The van der Waals surface area contributed by atoms with Crippen LogP contribution in [0.25, 0.3) is 6.08 Å². The number of anilines is 1. The number of benzene rings is 1. The molecular weight excluding hydrogens is 294 g/mol. The van der Waals surface area contributed by atoms with Crippen LogP contribution in [-0.4, -0.2) is 15.8 Å². The number of rotatable bonds is 2. The lowest BCUT2D eigenvalue weighted by Crippen LogP contribution is -2.23. The number of hydrogen-bond donors (Lipinski definition) is 1. The zero-order valence-corrected chi connectivity index (χ0v) is 12.1. The Morgan fingerprint density at radius 2 is 2.10 bits per heavy atom. The van der Waals surface area contributed by atoms with Crippen LogP contribution in [0.15, 0.2) is 30.3 Å². The number of nitrogen functional groups attached to an aromatic ring is 1. The molecule has 102 valence electrons. The van der Waals surface area contributed by atoms with Gasteiger partial charge in [-0.3, -0.25) is 4.79 Å². The minimum atomic E-state index is -0.0243. The van der Waals surface area contributed by atoms with Gasteiger partial charge in [0, 0.05) is 11.1 Å². The van der Waals surface area contributed by atoms with Crippen molar-refractivity contribution in [3.05, 3.63) is 51.5 Å². The highest BCUT2D eigenvalue weighted by atomic mass is 35.5. The Morgan fingerprint density at radius 1 is 1.35 bits per heavy atom. The second kappa shape index (κ2) is 5.26.